The lowest BCUT2D eigenvalue weighted by Crippen LogP contribution is -2.10. The van der Waals surface area contributed by atoms with Crippen molar-refractivity contribution in [3.8, 4) is 55.6 Å². The van der Waals surface area contributed by atoms with Crippen molar-refractivity contribution in [3.05, 3.63) is 261 Å². The average molecular weight is 866 g/mol. The van der Waals surface area contributed by atoms with E-state index in [9.17, 15) is 0 Å². The van der Waals surface area contributed by atoms with Crippen LogP contribution < -0.4 is 4.90 Å². The monoisotopic (exact) mass is 865 g/mol. The minimum absolute atomic E-state index is 0.854. The molecule has 318 valence electrons. The minimum atomic E-state index is 0.854. The molecular weight excluding hydrogens is 823 g/mol. The molecule has 12 aromatic carbocycles. The molecule has 0 N–H and O–H groups in total. The second-order valence-corrected chi connectivity index (χ2v) is 17.6. The third-order valence-corrected chi connectivity index (χ3v) is 13.6. The Morgan fingerprint density at radius 1 is 0.235 bits per heavy atom. The van der Waals surface area contributed by atoms with Gasteiger partial charge in [0.05, 0.1) is 0 Å². The first-order valence-corrected chi connectivity index (χ1v) is 23.3. The number of furan rings is 1. The van der Waals surface area contributed by atoms with Crippen molar-refractivity contribution in [2.75, 3.05) is 4.90 Å². The number of para-hydroxylation sites is 1. The van der Waals surface area contributed by atoms with Gasteiger partial charge in [-0.3, -0.25) is 0 Å². The molecule has 0 aliphatic carbocycles. The van der Waals surface area contributed by atoms with Gasteiger partial charge in [0.1, 0.15) is 11.2 Å². The maximum Gasteiger partial charge on any atom is 0.137 e. The Bertz CT molecular complexity index is 4030. The molecular formula is C66H43NO. The van der Waals surface area contributed by atoms with Crippen molar-refractivity contribution in [3.63, 3.8) is 0 Å². The van der Waals surface area contributed by atoms with Crippen LogP contribution in [-0.4, -0.2) is 0 Å². The Morgan fingerprint density at radius 2 is 0.706 bits per heavy atom. The third kappa shape index (κ3) is 6.82. The van der Waals surface area contributed by atoms with Crippen LogP contribution in [0.4, 0.5) is 17.1 Å². The normalized spacial score (nSPS) is 11.5. The van der Waals surface area contributed by atoms with E-state index < -0.39 is 0 Å². The van der Waals surface area contributed by atoms with Gasteiger partial charge in [0.2, 0.25) is 0 Å². The van der Waals surface area contributed by atoms with Gasteiger partial charge in [-0.1, -0.05) is 200 Å². The number of nitrogens with zero attached hydrogens (tertiary/aromatic N) is 1. The summed E-state index contributed by atoms with van der Waals surface area (Å²) < 4.78 is 6.53. The Balaban J connectivity index is 0.984. The summed E-state index contributed by atoms with van der Waals surface area (Å²) in [5.74, 6) is 0. The highest BCUT2D eigenvalue weighted by atomic mass is 16.3. The van der Waals surface area contributed by atoms with E-state index in [-0.39, 0.29) is 0 Å². The van der Waals surface area contributed by atoms with Crippen molar-refractivity contribution >= 4 is 71.3 Å². The first kappa shape index (κ1) is 39.4. The summed E-state index contributed by atoms with van der Waals surface area (Å²) in [6.45, 7) is 0. The maximum absolute atomic E-state index is 6.53. The summed E-state index contributed by atoms with van der Waals surface area (Å²) in [5, 5.41) is 9.64. The van der Waals surface area contributed by atoms with Crippen LogP contribution in [0.25, 0.3) is 110 Å². The van der Waals surface area contributed by atoms with Crippen LogP contribution in [0.15, 0.2) is 265 Å². The molecule has 0 unspecified atom stereocenters. The molecule has 13 aromatic rings. The highest BCUT2D eigenvalue weighted by Crippen LogP contribution is 2.47. The summed E-state index contributed by atoms with van der Waals surface area (Å²) in [4.78, 5) is 2.37. The number of hydrogen-bond acceptors (Lipinski definition) is 2. The largest absolute Gasteiger partial charge is 0.456 e. The molecule has 68 heavy (non-hydrogen) atoms. The zero-order valence-corrected chi connectivity index (χ0v) is 37.2. The van der Waals surface area contributed by atoms with Gasteiger partial charge in [0.15, 0.2) is 0 Å². The minimum Gasteiger partial charge on any atom is -0.456 e. The smallest absolute Gasteiger partial charge is 0.137 e. The highest BCUT2D eigenvalue weighted by Gasteiger charge is 2.21. The van der Waals surface area contributed by atoms with Crippen molar-refractivity contribution in [2.24, 2.45) is 0 Å². The summed E-state index contributed by atoms with van der Waals surface area (Å²) in [7, 11) is 0. The van der Waals surface area contributed by atoms with Crippen LogP contribution in [0.2, 0.25) is 0 Å². The number of benzene rings is 12. The van der Waals surface area contributed by atoms with E-state index in [0.717, 1.165) is 50.1 Å². The molecule has 0 atom stereocenters. The molecule has 0 radical (unpaired) electrons. The van der Waals surface area contributed by atoms with Gasteiger partial charge in [-0.05, 0) is 143 Å². The molecule has 0 bridgehead atoms. The first-order chi connectivity index (χ1) is 33.7. The molecule has 1 aromatic heterocycles. The number of rotatable bonds is 8. The molecule has 0 amide bonds. The standard InChI is InChI=1S/C66H43NO/c1-2-16-44(17-3-1)48-21-13-23-50(41-48)65-61-30-8-6-27-57(61)58-28-7-9-31-62(58)66(65)51-24-14-25-53(42-51)67(54-38-39-60-59-29-10-11-33-63(59)68-64(60)43-54)52-36-34-45(35-37-52)47-20-12-22-49(40-47)56-32-15-19-46-18-4-5-26-55(46)56/h1-43H. The van der Waals surface area contributed by atoms with E-state index in [0.29, 0.717) is 0 Å². The molecule has 0 aliphatic heterocycles. The van der Waals surface area contributed by atoms with E-state index >= 15 is 0 Å². The lowest BCUT2D eigenvalue weighted by molar-refractivity contribution is 0.669. The third-order valence-electron chi connectivity index (χ3n) is 13.6. The lowest BCUT2D eigenvalue weighted by Gasteiger charge is -2.27. The first-order valence-electron chi connectivity index (χ1n) is 23.3. The van der Waals surface area contributed by atoms with Gasteiger partial charge < -0.3 is 9.32 Å². The van der Waals surface area contributed by atoms with Gasteiger partial charge in [0, 0.05) is 33.9 Å². The molecule has 2 nitrogen and oxygen atoms in total. The Morgan fingerprint density at radius 3 is 1.44 bits per heavy atom. The second-order valence-electron chi connectivity index (χ2n) is 17.6. The van der Waals surface area contributed by atoms with E-state index in [2.05, 4.69) is 254 Å². The van der Waals surface area contributed by atoms with E-state index in [1.807, 2.05) is 12.1 Å². The second kappa shape index (κ2) is 16.5. The fourth-order valence-electron chi connectivity index (χ4n) is 10.5. The van der Waals surface area contributed by atoms with Gasteiger partial charge in [-0.2, -0.15) is 0 Å². The van der Waals surface area contributed by atoms with Crippen LogP contribution in [0.1, 0.15) is 0 Å². The van der Waals surface area contributed by atoms with Crippen LogP contribution in [0.5, 0.6) is 0 Å². The SMILES string of the molecule is c1ccc(-c2cccc(-c3c(-c4cccc(N(c5ccc(-c6cccc(-c7cccc8ccccc78)c6)cc5)c5ccc6c(c5)oc5ccccc56)c4)c4ccccc4c4ccccc34)c2)cc1. The zero-order valence-electron chi connectivity index (χ0n) is 37.2. The van der Waals surface area contributed by atoms with Crippen molar-refractivity contribution in [2.45, 2.75) is 0 Å². The van der Waals surface area contributed by atoms with Gasteiger partial charge in [-0.15, -0.1) is 0 Å². The molecule has 0 spiro atoms. The molecule has 0 fully saturated rings. The summed E-state index contributed by atoms with van der Waals surface area (Å²) in [6, 6.07) is 94.6. The molecule has 0 saturated heterocycles. The van der Waals surface area contributed by atoms with Gasteiger partial charge >= 0.3 is 0 Å². The Hall–Kier alpha value is -8.98. The van der Waals surface area contributed by atoms with E-state index in [1.165, 1.54) is 76.8 Å². The Kier molecular flexibility index (Phi) is 9.54. The van der Waals surface area contributed by atoms with Crippen molar-refractivity contribution < 1.29 is 4.42 Å². The lowest BCUT2D eigenvalue weighted by atomic mass is 9.84. The molecule has 13 rings (SSSR count). The van der Waals surface area contributed by atoms with Crippen LogP contribution >= 0.6 is 0 Å². The van der Waals surface area contributed by atoms with Crippen molar-refractivity contribution in [1.29, 1.82) is 0 Å². The van der Waals surface area contributed by atoms with E-state index in [4.69, 9.17) is 4.42 Å². The van der Waals surface area contributed by atoms with Crippen molar-refractivity contribution in [1.82, 2.24) is 0 Å². The Labute approximate surface area is 395 Å². The predicted octanol–water partition coefficient (Wildman–Crippen LogP) is 18.9. The molecule has 2 heteroatoms. The zero-order chi connectivity index (χ0) is 45.0. The number of anilines is 3. The van der Waals surface area contributed by atoms with E-state index in [1.54, 1.807) is 0 Å². The predicted molar refractivity (Wildman–Crippen MR) is 288 cm³/mol. The fourth-order valence-corrected chi connectivity index (χ4v) is 10.5. The van der Waals surface area contributed by atoms with Gasteiger partial charge in [-0.25, -0.2) is 0 Å². The molecule has 0 saturated carbocycles. The average Bonchev–Trinajstić information content (AvgIpc) is 3.79. The number of fused-ring (bicyclic) bond motifs is 7. The molecule has 0 aliphatic rings. The maximum atomic E-state index is 6.53. The van der Waals surface area contributed by atoms with Gasteiger partial charge in [0.25, 0.3) is 0 Å². The highest BCUT2D eigenvalue weighted by molar-refractivity contribution is 6.22. The summed E-state index contributed by atoms with van der Waals surface area (Å²) in [6.07, 6.45) is 0. The summed E-state index contributed by atoms with van der Waals surface area (Å²) >= 11 is 0. The van der Waals surface area contributed by atoms with Crippen LogP contribution in [0.3, 0.4) is 0 Å². The number of hydrogen-bond donors (Lipinski definition) is 0. The van der Waals surface area contributed by atoms with Crippen LogP contribution in [-0.2, 0) is 0 Å². The van der Waals surface area contributed by atoms with Crippen LogP contribution in [0, 0.1) is 0 Å². The summed E-state index contributed by atoms with van der Waals surface area (Å²) in [5.41, 5.74) is 16.8. The quantitative estimate of drug-likeness (QED) is 0.142. The molecule has 1 heterocycles. The topological polar surface area (TPSA) is 16.4 Å². The fraction of sp³-hybridized carbons (Fsp3) is 0.